The van der Waals surface area contributed by atoms with Crippen LogP contribution in [-0.4, -0.2) is 38.3 Å². The lowest BCUT2D eigenvalue weighted by atomic mass is 9.72. The van der Waals surface area contributed by atoms with Crippen molar-refractivity contribution in [1.82, 2.24) is 0 Å². The van der Waals surface area contributed by atoms with E-state index in [0.29, 0.717) is 59.1 Å². The monoisotopic (exact) mass is 517 g/mol. The summed E-state index contributed by atoms with van der Waals surface area (Å²) in [6.45, 7) is 15.7. The molecule has 1 aliphatic rings. The molecule has 7 nitrogen and oxygen atoms in total. The number of thiophene rings is 1. The van der Waals surface area contributed by atoms with Crippen molar-refractivity contribution in [3.63, 3.8) is 0 Å². The molecule has 1 amide bonds. The van der Waals surface area contributed by atoms with Gasteiger partial charge in [0, 0.05) is 10.4 Å². The molecule has 1 aromatic carbocycles. The number of esters is 1. The Labute approximate surface area is 218 Å². The molecule has 3 rings (SSSR count). The van der Waals surface area contributed by atoms with Crippen molar-refractivity contribution in [2.75, 3.05) is 31.7 Å². The highest BCUT2D eigenvalue weighted by Crippen LogP contribution is 2.45. The smallest absolute Gasteiger partial charge is 0.341 e. The van der Waals surface area contributed by atoms with Crippen molar-refractivity contribution in [2.45, 2.75) is 67.7 Å². The fraction of sp³-hybridized carbons (Fsp3) is 0.571. The maximum absolute atomic E-state index is 13.5. The molecule has 1 N–H and O–H groups in total. The third-order valence-corrected chi connectivity index (χ3v) is 7.54. The number of carbonyl (C=O) groups excluding carboxylic acids is 2. The van der Waals surface area contributed by atoms with Crippen molar-refractivity contribution >= 4 is 28.2 Å². The summed E-state index contributed by atoms with van der Waals surface area (Å²) in [7, 11) is 0. The van der Waals surface area contributed by atoms with Crippen LogP contribution in [0.5, 0.6) is 17.2 Å². The van der Waals surface area contributed by atoms with Crippen LogP contribution >= 0.6 is 11.3 Å². The van der Waals surface area contributed by atoms with E-state index in [1.165, 1.54) is 11.3 Å². The molecule has 1 heterocycles. The number of fused-ring (bicyclic) bond motifs is 1. The minimum Gasteiger partial charge on any atom is -0.490 e. The highest BCUT2D eigenvalue weighted by atomic mass is 32.1. The predicted molar refractivity (Wildman–Crippen MR) is 143 cm³/mol. The maximum atomic E-state index is 13.5. The number of hydrogen-bond donors (Lipinski definition) is 1. The molecule has 0 fully saturated rings. The molecule has 0 spiro atoms. The predicted octanol–water partition coefficient (Wildman–Crippen LogP) is 6.52. The number of amides is 1. The lowest BCUT2D eigenvalue weighted by molar-refractivity contribution is 0.0526. The average molecular weight is 518 g/mol. The molecule has 0 radical (unpaired) electrons. The number of benzene rings is 1. The van der Waals surface area contributed by atoms with Crippen molar-refractivity contribution in [1.29, 1.82) is 0 Å². The minimum absolute atomic E-state index is 0.169. The van der Waals surface area contributed by atoms with Crippen molar-refractivity contribution < 1.29 is 28.5 Å². The van der Waals surface area contributed by atoms with Crippen LogP contribution in [0.1, 0.15) is 86.0 Å². The number of carbonyl (C=O) groups is 2. The van der Waals surface area contributed by atoms with Gasteiger partial charge in [0.05, 0.1) is 32.0 Å². The van der Waals surface area contributed by atoms with E-state index in [9.17, 15) is 9.59 Å². The number of hydrogen-bond acceptors (Lipinski definition) is 7. The molecule has 8 heteroatoms. The van der Waals surface area contributed by atoms with Gasteiger partial charge in [0.25, 0.3) is 5.91 Å². The van der Waals surface area contributed by atoms with Gasteiger partial charge in [-0.1, -0.05) is 20.8 Å². The van der Waals surface area contributed by atoms with Gasteiger partial charge in [0.1, 0.15) is 5.00 Å². The van der Waals surface area contributed by atoms with E-state index in [-0.39, 0.29) is 17.9 Å². The third-order valence-electron chi connectivity index (χ3n) is 6.37. The zero-order chi connectivity index (χ0) is 26.5. The maximum Gasteiger partial charge on any atom is 0.341 e. The molecule has 2 aromatic rings. The Hall–Kier alpha value is -2.74. The molecule has 1 aromatic heterocycles. The molecule has 0 aliphatic heterocycles. The van der Waals surface area contributed by atoms with E-state index >= 15 is 0 Å². The van der Waals surface area contributed by atoms with E-state index in [1.807, 2.05) is 20.8 Å². The summed E-state index contributed by atoms with van der Waals surface area (Å²) in [6.07, 6.45) is 2.68. The normalized spacial score (nSPS) is 15.1. The van der Waals surface area contributed by atoms with Gasteiger partial charge >= 0.3 is 5.97 Å². The summed E-state index contributed by atoms with van der Waals surface area (Å²) in [5.74, 6) is 1.13. The number of ether oxygens (including phenoxy) is 4. The van der Waals surface area contributed by atoms with E-state index in [0.717, 1.165) is 29.7 Å². The first-order chi connectivity index (χ1) is 17.1. The van der Waals surface area contributed by atoms with Crippen LogP contribution < -0.4 is 19.5 Å². The number of anilines is 1. The van der Waals surface area contributed by atoms with Crippen molar-refractivity contribution in [2.24, 2.45) is 11.3 Å². The number of rotatable bonds is 10. The Balaban J connectivity index is 2.00. The van der Waals surface area contributed by atoms with Crippen LogP contribution in [0.25, 0.3) is 0 Å². The molecular weight excluding hydrogens is 478 g/mol. The van der Waals surface area contributed by atoms with E-state index in [1.54, 1.807) is 19.1 Å². The molecule has 0 saturated heterocycles. The van der Waals surface area contributed by atoms with Crippen LogP contribution in [-0.2, 0) is 17.6 Å². The van der Waals surface area contributed by atoms with E-state index in [4.69, 9.17) is 18.9 Å². The van der Waals surface area contributed by atoms with Crippen LogP contribution in [0.2, 0.25) is 0 Å². The van der Waals surface area contributed by atoms with Gasteiger partial charge in [-0.2, -0.15) is 0 Å². The summed E-state index contributed by atoms with van der Waals surface area (Å²) in [5.41, 5.74) is 2.02. The topological polar surface area (TPSA) is 83.1 Å². The second-order valence-corrected chi connectivity index (χ2v) is 10.9. The second-order valence-electron chi connectivity index (χ2n) is 9.79. The Morgan fingerprint density at radius 3 is 2.11 bits per heavy atom. The Morgan fingerprint density at radius 1 is 0.972 bits per heavy atom. The van der Waals surface area contributed by atoms with Gasteiger partial charge in [-0.25, -0.2) is 4.79 Å². The van der Waals surface area contributed by atoms with Crippen LogP contribution in [0.4, 0.5) is 5.00 Å². The van der Waals surface area contributed by atoms with Gasteiger partial charge in [-0.05, 0) is 76.0 Å². The summed E-state index contributed by atoms with van der Waals surface area (Å²) < 4.78 is 22.7. The lowest BCUT2D eigenvalue weighted by Gasteiger charge is -2.33. The first kappa shape index (κ1) is 27.8. The van der Waals surface area contributed by atoms with Crippen LogP contribution in [0, 0.1) is 11.3 Å². The molecule has 1 unspecified atom stereocenters. The van der Waals surface area contributed by atoms with Crippen LogP contribution in [0.3, 0.4) is 0 Å². The lowest BCUT2D eigenvalue weighted by Crippen LogP contribution is -2.26. The number of nitrogens with one attached hydrogen (secondary N) is 1. The first-order valence-corrected chi connectivity index (χ1v) is 13.6. The van der Waals surface area contributed by atoms with Gasteiger partial charge in [-0.3, -0.25) is 4.79 Å². The Morgan fingerprint density at radius 2 is 1.58 bits per heavy atom. The van der Waals surface area contributed by atoms with E-state index < -0.39 is 5.97 Å². The highest BCUT2D eigenvalue weighted by molar-refractivity contribution is 7.17. The highest BCUT2D eigenvalue weighted by Gasteiger charge is 2.34. The first-order valence-electron chi connectivity index (χ1n) is 12.8. The zero-order valence-corrected chi connectivity index (χ0v) is 23.4. The van der Waals surface area contributed by atoms with Crippen LogP contribution in [0.15, 0.2) is 12.1 Å². The molecule has 1 atom stereocenters. The average Bonchev–Trinajstić information content (AvgIpc) is 3.18. The SMILES string of the molecule is CCOC(=O)c1c(NC(=O)c2cc(OCC)c(OCC)c(OCC)c2)sc2c1CCC(C(C)(C)C)C2. The summed E-state index contributed by atoms with van der Waals surface area (Å²) in [4.78, 5) is 27.6. The molecular formula is C28H39NO6S. The third kappa shape index (κ3) is 6.14. The largest absolute Gasteiger partial charge is 0.490 e. The molecule has 36 heavy (non-hydrogen) atoms. The summed E-state index contributed by atoms with van der Waals surface area (Å²) >= 11 is 1.48. The van der Waals surface area contributed by atoms with Gasteiger partial charge in [0.2, 0.25) is 5.75 Å². The molecule has 0 bridgehead atoms. The van der Waals surface area contributed by atoms with Gasteiger partial charge in [-0.15, -0.1) is 11.3 Å². The summed E-state index contributed by atoms with van der Waals surface area (Å²) in [5, 5.41) is 3.52. The molecule has 198 valence electrons. The standard InChI is InChI=1S/C28H39NO6S/c1-8-32-20-14-17(15-21(33-9-2)24(20)34-10-3)25(30)29-26-23(27(31)35-11-4)19-13-12-18(28(5,6)7)16-22(19)36-26/h14-15,18H,8-13,16H2,1-7H3,(H,29,30). The Bertz CT molecular complexity index is 1060. The van der Waals surface area contributed by atoms with Crippen molar-refractivity contribution in [3.8, 4) is 17.2 Å². The summed E-state index contributed by atoms with van der Waals surface area (Å²) in [6, 6.07) is 3.30. The minimum atomic E-state index is -0.392. The molecule has 1 aliphatic carbocycles. The fourth-order valence-corrected chi connectivity index (χ4v) is 5.84. The zero-order valence-electron chi connectivity index (χ0n) is 22.5. The molecule has 0 saturated carbocycles. The Kier molecular flexibility index (Phi) is 9.28. The van der Waals surface area contributed by atoms with Crippen molar-refractivity contribution in [3.05, 3.63) is 33.7 Å². The quantitative estimate of drug-likeness (QED) is 0.361. The van der Waals surface area contributed by atoms with Gasteiger partial charge in [0.15, 0.2) is 11.5 Å². The van der Waals surface area contributed by atoms with Gasteiger partial charge < -0.3 is 24.3 Å². The second kappa shape index (κ2) is 12.0. The van der Waals surface area contributed by atoms with E-state index in [2.05, 4.69) is 26.1 Å². The fourth-order valence-electron chi connectivity index (χ4n) is 4.53.